The Balaban J connectivity index is 2.29. The fraction of sp³-hybridized carbons (Fsp3) is 0.300. The molecule has 0 spiro atoms. The van der Waals surface area contributed by atoms with Crippen LogP contribution < -0.4 is 0 Å². The lowest BCUT2D eigenvalue weighted by Crippen LogP contribution is -1.97. The summed E-state index contributed by atoms with van der Waals surface area (Å²) in [6, 6.07) is 8.10. The fourth-order valence-corrected chi connectivity index (χ4v) is 1.73. The van der Waals surface area contributed by atoms with Crippen molar-refractivity contribution in [2.24, 2.45) is 0 Å². The molecule has 0 heterocycles. The molecule has 2 nitrogen and oxygen atoms in total. The smallest absolute Gasteiger partial charge is 0.293 e. The first-order valence-corrected chi connectivity index (χ1v) is 4.08. The molecule has 1 unspecified atom stereocenters. The minimum Gasteiger partial charge on any atom is -0.460 e. The van der Waals surface area contributed by atoms with E-state index in [1.165, 1.54) is 11.1 Å². The highest BCUT2D eigenvalue weighted by Crippen LogP contribution is 2.32. The maximum absolute atomic E-state index is 10.1. The molecule has 2 rings (SSSR count). The average molecular weight is 162 g/mol. The van der Waals surface area contributed by atoms with Crippen molar-refractivity contribution in [1.29, 1.82) is 0 Å². The van der Waals surface area contributed by atoms with Crippen LogP contribution in [0.3, 0.4) is 0 Å². The fourth-order valence-electron chi connectivity index (χ4n) is 1.73. The molecule has 2 heteroatoms. The van der Waals surface area contributed by atoms with Crippen molar-refractivity contribution in [2.75, 3.05) is 0 Å². The zero-order valence-corrected chi connectivity index (χ0v) is 6.69. The predicted molar refractivity (Wildman–Crippen MR) is 44.7 cm³/mol. The van der Waals surface area contributed by atoms with Gasteiger partial charge in [0.15, 0.2) is 0 Å². The Morgan fingerprint density at radius 1 is 1.42 bits per heavy atom. The third-order valence-corrected chi connectivity index (χ3v) is 2.30. The SMILES string of the molecule is O=COC1CCc2ccccc21. The van der Waals surface area contributed by atoms with Crippen molar-refractivity contribution in [2.45, 2.75) is 18.9 Å². The molecule has 1 aromatic rings. The number of fused-ring (bicyclic) bond motifs is 1. The van der Waals surface area contributed by atoms with Gasteiger partial charge in [0, 0.05) is 0 Å². The number of aryl methyl sites for hydroxylation is 1. The second-order valence-corrected chi connectivity index (χ2v) is 2.96. The molecule has 0 saturated carbocycles. The molecule has 0 aliphatic heterocycles. The van der Waals surface area contributed by atoms with Crippen molar-refractivity contribution >= 4 is 6.47 Å². The van der Waals surface area contributed by atoms with Crippen LogP contribution in [0.15, 0.2) is 24.3 Å². The van der Waals surface area contributed by atoms with E-state index in [1.807, 2.05) is 18.2 Å². The van der Waals surface area contributed by atoms with Crippen LogP contribution in [0, 0.1) is 0 Å². The topological polar surface area (TPSA) is 26.3 Å². The van der Waals surface area contributed by atoms with Gasteiger partial charge in [-0.05, 0) is 24.0 Å². The molecule has 62 valence electrons. The summed E-state index contributed by atoms with van der Waals surface area (Å²) in [5.41, 5.74) is 2.48. The molecule has 0 N–H and O–H groups in total. The minimum absolute atomic E-state index is 0.00120. The number of benzene rings is 1. The first-order valence-electron chi connectivity index (χ1n) is 4.08. The van der Waals surface area contributed by atoms with Gasteiger partial charge in [0.25, 0.3) is 6.47 Å². The van der Waals surface area contributed by atoms with E-state index in [-0.39, 0.29) is 6.10 Å². The van der Waals surface area contributed by atoms with Crippen LogP contribution in [0.5, 0.6) is 0 Å². The second kappa shape index (κ2) is 2.97. The molecule has 0 fully saturated rings. The summed E-state index contributed by atoms with van der Waals surface area (Å²) in [4.78, 5) is 10.1. The highest BCUT2D eigenvalue weighted by atomic mass is 16.5. The number of ether oxygens (including phenoxy) is 1. The quantitative estimate of drug-likeness (QED) is 0.620. The van der Waals surface area contributed by atoms with E-state index in [2.05, 4.69) is 6.07 Å². The molecule has 0 aromatic heterocycles. The minimum atomic E-state index is -0.00120. The summed E-state index contributed by atoms with van der Waals surface area (Å²) in [7, 11) is 0. The van der Waals surface area contributed by atoms with E-state index in [4.69, 9.17) is 4.74 Å². The van der Waals surface area contributed by atoms with Crippen molar-refractivity contribution in [3.05, 3.63) is 35.4 Å². The molecule has 12 heavy (non-hydrogen) atoms. The summed E-state index contributed by atoms with van der Waals surface area (Å²) in [6.07, 6.45) is 1.95. The molecule has 0 radical (unpaired) electrons. The second-order valence-electron chi connectivity index (χ2n) is 2.96. The van der Waals surface area contributed by atoms with E-state index in [9.17, 15) is 4.79 Å². The van der Waals surface area contributed by atoms with Gasteiger partial charge < -0.3 is 4.74 Å². The summed E-state index contributed by atoms with van der Waals surface area (Å²) in [6.45, 7) is 0.534. The molecular weight excluding hydrogens is 152 g/mol. The lowest BCUT2D eigenvalue weighted by molar-refractivity contribution is -0.133. The van der Waals surface area contributed by atoms with Gasteiger partial charge in [-0.2, -0.15) is 0 Å². The maximum atomic E-state index is 10.1. The van der Waals surface area contributed by atoms with Crippen LogP contribution >= 0.6 is 0 Å². The van der Waals surface area contributed by atoms with E-state index in [1.54, 1.807) is 0 Å². The molecule has 1 atom stereocenters. The lowest BCUT2D eigenvalue weighted by Gasteiger charge is -2.07. The Kier molecular flexibility index (Phi) is 1.82. The standard InChI is InChI=1S/C10H10O2/c11-7-12-10-6-5-8-3-1-2-4-9(8)10/h1-4,7,10H,5-6H2. The van der Waals surface area contributed by atoms with Crippen LogP contribution in [0.1, 0.15) is 23.7 Å². The first-order chi connectivity index (χ1) is 5.92. The van der Waals surface area contributed by atoms with Gasteiger partial charge >= 0.3 is 0 Å². The molecule has 0 bridgehead atoms. The third-order valence-electron chi connectivity index (χ3n) is 2.30. The summed E-state index contributed by atoms with van der Waals surface area (Å²) >= 11 is 0. The van der Waals surface area contributed by atoms with E-state index >= 15 is 0 Å². The Labute approximate surface area is 71.2 Å². The molecule has 0 saturated heterocycles. The van der Waals surface area contributed by atoms with Crippen molar-refractivity contribution < 1.29 is 9.53 Å². The number of carbonyl (C=O) groups excluding carboxylic acids is 1. The van der Waals surface area contributed by atoms with Crippen molar-refractivity contribution in [3.8, 4) is 0 Å². The molecule has 1 aliphatic rings. The summed E-state index contributed by atoms with van der Waals surface area (Å²) in [5.74, 6) is 0. The lowest BCUT2D eigenvalue weighted by atomic mass is 10.1. The molecular formula is C10H10O2. The van der Waals surface area contributed by atoms with Gasteiger partial charge in [0.05, 0.1) is 0 Å². The Morgan fingerprint density at radius 3 is 3.08 bits per heavy atom. The zero-order valence-electron chi connectivity index (χ0n) is 6.69. The largest absolute Gasteiger partial charge is 0.460 e. The van der Waals surface area contributed by atoms with Crippen LogP contribution in [0.2, 0.25) is 0 Å². The Hall–Kier alpha value is -1.31. The van der Waals surface area contributed by atoms with Gasteiger partial charge in [-0.15, -0.1) is 0 Å². The van der Waals surface area contributed by atoms with Crippen molar-refractivity contribution in [1.82, 2.24) is 0 Å². The van der Waals surface area contributed by atoms with Crippen LogP contribution in [-0.2, 0) is 16.0 Å². The van der Waals surface area contributed by atoms with E-state index in [0.29, 0.717) is 6.47 Å². The van der Waals surface area contributed by atoms with Crippen LogP contribution in [0.25, 0.3) is 0 Å². The van der Waals surface area contributed by atoms with Crippen LogP contribution in [0.4, 0.5) is 0 Å². The van der Waals surface area contributed by atoms with Gasteiger partial charge in [-0.3, -0.25) is 4.79 Å². The first kappa shape index (κ1) is 7.35. The molecule has 1 aromatic carbocycles. The molecule has 1 aliphatic carbocycles. The maximum Gasteiger partial charge on any atom is 0.293 e. The van der Waals surface area contributed by atoms with Crippen molar-refractivity contribution in [3.63, 3.8) is 0 Å². The van der Waals surface area contributed by atoms with Gasteiger partial charge in [-0.25, -0.2) is 0 Å². The number of hydrogen-bond donors (Lipinski definition) is 0. The van der Waals surface area contributed by atoms with Crippen LogP contribution in [-0.4, -0.2) is 6.47 Å². The van der Waals surface area contributed by atoms with Gasteiger partial charge in [0.2, 0.25) is 0 Å². The van der Waals surface area contributed by atoms with E-state index < -0.39 is 0 Å². The Morgan fingerprint density at radius 2 is 2.25 bits per heavy atom. The normalized spacial score (nSPS) is 20.2. The monoisotopic (exact) mass is 162 g/mol. The highest BCUT2D eigenvalue weighted by Gasteiger charge is 2.22. The Bertz CT molecular complexity index is 294. The summed E-state index contributed by atoms with van der Waals surface area (Å²) < 4.78 is 4.95. The number of carbonyl (C=O) groups is 1. The predicted octanol–water partition coefficient (Wildman–Crippen LogP) is 1.85. The highest BCUT2D eigenvalue weighted by molar-refractivity contribution is 5.41. The number of rotatable bonds is 2. The summed E-state index contributed by atoms with van der Waals surface area (Å²) in [5, 5.41) is 0. The van der Waals surface area contributed by atoms with E-state index in [0.717, 1.165) is 12.8 Å². The van der Waals surface area contributed by atoms with Gasteiger partial charge in [0.1, 0.15) is 6.10 Å². The molecule has 0 amide bonds. The van der Waals surface area contributed by atoms with Gasteiger partial charge in [-0.1, -0.05) is 24.3 Å². The average Bonchev–Trinajstić information content (AvgIpc) is 2.50. The zero-order chi connectivity index (χ0) is 8.39. The third kappa shape index (κ3) is 1.09. The number of hydrogen-bond acceptors (Lipinski definition) is 2.